The molecule has 82 valence electrons. The molecule has 4 atom stereocenters. The van der Waals surface area contributed by atoms with Crippen LogP contribution < -0.4 is 0 Å². The number of hydrogen-bond acceptors (Lipinski definition) is 0. The SMILES string of the molecule is ClC1=C[C@]2(Cl)[C@H](C1)C[C@@H]1C=C(Cl)C[C@@]12Cl. The summed E-state index contributed by atoms with van der Waals surface area (Å²) < 4.78 is 0. The number of allylic oxidation sites excluding steroid dienone is 4. The average molecular weight is 284 g/mol. The quantitative estimate of drug-likeness (QED) is 0.569. The Morgan fingerprint density at radius 3 is 2.67 bits per heavy atom. The van der Waals surface area contributed by atoms with Gasteiger partial charge in [-0.25, -0.2) is 0 Å². The van der Waals surface area contributed by atoms with Crippen LogP contribution >= 0.6 is 46.4 Å². The van der Waals surface area contributed by atoms with Crippen LogP contribution in [0.1, 0.15) is 19.3 Å². The molecule has 0 aromatic rings. The van der Waals surface area contributed by atoms with E-state index in [4.69, 9.17) is 46.4 Å². The van der Waals surface area contributed by atoms with Crippen LogP contribution in [-0.4, -0.2) is 9.75 Å². The van der Waals surface area contributed by atoms with Gasteiger partial charge in [-0.1, -0.05) is 29.3 Å². The first kappa shape index (κ1) is 10.8. The molecule has 3 aliphatic rings. The van der Waals surface area contributed by atoms with Crippen molar-refractivity contribution in [2.45, 2.75) is 29.0 Å². The van der Waals surface area contributed by atoms with Gasteiger partial charge >= 0.3 is 0 Å². The highest BCUT2D eigenvalue weighted by atomic mass is 35.5. The summed E-state index contributed by atoms with van der Waals surface area (Å²) in [5, 5.41) is 1.68. The summed E-state index contributed by atoms with van der Waals surface area (Å²) in [6, 6.07) is 0. The van der Waals surface area contributed by atoms with Gasteiger partial charge in [0.05, 0.1) is 9.75 Å². The molecule has 0 N–H and O–H groups in total. The molecule has 0 aromatic carbocycles. The smallest absolute Gasteiger partial charge is 0.0872 e. The van der Waals surface area contributed by atoms with Crippen molar-refractivity contribution in [2.75, 3.05) is 0 Å². The minimum absolute atomic E-state index is 0.301. The Morgan fingerprint density at radius 2 is 1.93 bits per heavy atom. The third-order valence-electron chi connectivity index (χ3n) is 3.97. The van der Waals surface area contributed by atoms with E-state index in [-0.39, 0.29) is 0 Å². The molecule has 0 aromatic heterocycles. The fraction of sp³-hybridized carbons (Fsp3) is 0.636. The van der Waals surface area contributed by atoms with Crippen LogP contribution in [-0.2, 0) is 0 Å². The second kappa shape index (κ2) is 3.10. The molecule has 0 bridgehead atoms. The Balaban J connectivity index is 2.07. The number of halogens is 4. The van der Waals surface area contributed by atoms with E-state index in [1.165, 1.54) is 0 Å². The summed E-state index contributed by atoms with van der Waals surface area (Å²) in [7, 11) is 0. The van der Waals surface area contributed by atoms with E-state index in [1.54, 1.807) is 0 Å². The van der Waals surface area contributed by atoms with Crippen LogP contribution in [0.15, 0.2) is 22.2 Å². The summed E-state index contributed by atoms with van der Waals surface area (Å²) in [6.45, 7) is 0. The maximum atomic E-state index is 6.70. The normalized spacial score (nSPS) is 52.5. The summed E-state index contributed by atoms with van der Waals surface area (Å²) in [5.74, 6) is 0.672. The summed E-state index contributed by atoms with van der Waals surface area (Å²) in [5.41, 5.74) is 0. The predicted octanol–water partition coefficient (Wildman–Crippen LogP) is 4.63. The van der Waals surface area contributed by atoms with Crippen molar-refractivity contribution in [3.63, 3.8) is 0 Å². The molecule has 0 saturated heterocycles. The molecule has 4 heteroatoms. The lowest BCUT2D eigenvalue weighted by Crippen LogP contribution is -2.43. The number of fused-ring (bicyclic) bond motifs is 3. The van der Waals surface area contributed by atoms with Gasteiger partial charge in [0.15, 0.2) is 0 Å². The molecule has 0 amide bonds. The molecule has 15 heavy (non-hydrogen) atoms. The molecule has 0 aliphatic heterocycles. The molecule has 3 rings (SSSR count). The number of alkyl halides is 2. The van der Waals surface area contributed by atoms with Crippen molar-refractivity contribution in [1.29, 1.82) is 0 Å². The van der Waals surface area contributed by atoms with Crippen LogP contribution in [0.4, 0.5) is 0 Å². The van der Waals surface area contributed by atoms with Crippen molar-refractivity contribution in [2.24, 2.45) is 11.8 Å². The van der Waals surface area contributed by atoms with Crippen molar-refractivity contribution >= 4 is 46.4 Å². The molecule has 1 fully saturated rings. The molecule has 0 spiro atoms. The Hall–Kier alpha value is 0.640. The molecule has 0 heterocycles. The monoisotopic (exact) mass is 282 g/mol. The van der Waals surface area contributed by atoms with Gasteiger partial charge in [0.2, 0.25) is 0 Å². The van der Waals surface area contributed by atoms with E-state index < -0.39 is 9.75 Å². The first-order chi connectivity index (χ1) is 6.96. The summed E-state index contributed by atoms with van der Waals surface area (Å²) >= 11 is 25.5. The lowest BCUT2D eigenvalue weighted by molar-refractivity contribution is 0.460. The van der Waals surface area contributed by atoms with Gasteiger partial charge in [0.1, 0.15) is 0 Å². The van der Waals surface area contributed by atoms with Crippen LogP contribution in [0.2, 0.25) is 0 Å². The number of hydrogen-bond donors (Lipinski definition) is 0. The third-order valence-corrected chi connectivity index (χ3v) is 6.07. The zero-order valence-corrected chi connectivity index (χ0v) is 11.0. The van der Waals surface area contributed by atoms with Gasteiger partial charge in [-0.2, -0.15) is 0 Å². The Bertz CT molecular complexity index is 386. The summed E-state index contributed by atoms with van der Waals surface area (Å²) in [4.78, 5) is -0.948. The van der Waals surface area contributed by atoms with Gasteiger partial charge < -0.3 is 0 Å². The Labute approximate surface area is 109 Å². The van der Waals surface area contributed by atoms with Gasteiger partial charge in [0, 0.05) is 22.4 Å². The first-order valence-corrected chi connectivity index (χ1v) is 6.58. The van der Waals surface area contributed by atoms with Gasteiger partial charge in [-0.15, -0.1) is 23.2 Å². The zero-order chi connectivity index (χ0) is 10.8. The topological polar surface area (TPSA) is 0 Å². The fourth-order valence-electron chi connectivity index (χ4n) is 3.27. The van der Waals surface area contributed by atoms with Crippen molar-refractivity contribution in [3.05, 3.63) is 22.2 Å². The van der Waals surface area contributed by atoms with Crippen LogP contribution in [0, 0.1) is 11.8 Å². The second-order valence-electron chi connectivity index (χ2n) is 4.76. The highest BCUT2D eigenvalue weighted by Crippen LogP contribution is 2.66. The van der Waals surface area contributed by atoms with Crippen LogP contribution in [0.3, 0.4) is 0 Å². The number of rotatable bonds is 0. The minimum atomic E-state index is -0.497. The maximum absolute atomic E-state index is 6.70. The van der Waals surface area contributed by atoms with E-state index in [0.29, 0.717) is 18.3 Å². The van der Waals surface area contributed by atoms with Gasteiger partial charge in [0.25, 0.3) is 0 Å². The highest BCUT2D eigenvalue weighted by Gasteiger charge is 2.65. The molecule has 0 unspecified atom stereocenters. The zero-order valence-electron chi connectivity index (χ0n) is 7.94. The second-order valence-corrected chi connectivity index (χ2v) is 7.03. The molecule has 0 nitrogen and oxygen atoms in total. The highest BCUT2D eigenvalue weighted by molar-refractivity contribution is 6.40. The van der Waals surface area contributed by atoms with E-state index in [9.17, 15) is 0 Å². The van der Waals surface area contributed by atoms with Gasteiger partial charge in [-0.05, 0) is 24.8 Å². The molecular formula is C11H10Cl4. The summed E-state index contributed by atoms with van der Waals surface area (Å²) in [6.07, 6.45) is 6.54. The Kier molecular flexibility index (Phi) is 2.23. The van der Waals surface area contributed by atoms with E-state index in [0.717, 1.165) is 22.9 Å². The van der Waals surface area contributed by atoms with E-state index in [2.05, 4.69) is 6.08 Å². The first-order valence-electron chi connectivity index (χ1n) is 5.07. The maximum Gasteiger partial charge on any atom is 0.0872 e. The van der Waals surface area contributed by atoms with Crippen LogP contribution in [0.5, 0.6) is 0 Å². The van der Waals surface area contributed by atoms with Crippen molar-refractivity contribution < 1.29 is 0 Å². The van der Waals surface area contributed by atoms with Gasteiger partial charge in [-0.3, -0.25) is 0 Å². The third kappa shape index (κ3) is 1.23. The van der Waals surface area contributed by atoms with Crippen LogP contribution in [0.25, 0.3) is 0 Å². The Morgan fingerprint density at radius 1 is 1.20 bits per heavy atom. The minimum Gasteiger partial charge on any atom is -0.116 e. The molecule has 3 aliphatic carbocycles. The lowest BCUT2D eigenvalue weighted by Gasteiger charge is -2.35. The molecule has 1 saturated carbocycles. The lowest BCUT2D eigenvalue weighted by atomic mass is 9.88. The van der Waals surface area contributed by atoms with E-state index in [1.807, 2.05) is 6.08 Å². The standard InChI is InChI=1S/C11H10Cl4/c12-8-2-6-1-7-3-9(13)5-11(7,15)10(6,14)4-8/h2,5-7H,1,3-4H2/t6-,7+,10-,11+/m1/s1. The van der Waals surface area contributed by atoms with Crippen molar-refractivity contribution in [1.82, 2.24) is 0 Å². The predicted molar refractivity (Wildman–Crippen MR) is 65.9 cm³/mol. The van der Waals surface area contributed by atoms with Crippen molar-refractivity contribution in [3.8, 4) is 0 Å². The fourth-order valence-corrected chi connectivity index (χ4v) is 5.13. The molecular weight excluding hydrogens is 274 g/mol. The van der Waals surface area contributed by atoms with E-state index >= 15 is 0 Å². The molecule has 0 radical (unpaired) electrons. The average Bonchev–Trinajstić information content (AvgIpc) is 2.59. The largest absolute Gasteiger partial charge is 0.116 e.